The number of amides is 1. The number of aromatic nitrogens is 1. The molecule has 8 heteroatoms. The summed E-state index contributed by atoms with van der Waals surface area (Å²) >= 11 is 0. The Hall–Kier alpha value is -2.87. The smallest absolute Gasteiger partial charge is 0.412 e. The molecule has 1 amide bonds. The van der Waals surface area contributed by atoms with Crippen molar-refractivity contribution in [3.05, 3.63) is 35.8 Å². The molecule has 0 fully saturated rings. The maximum absolute atomic E-state index is 15.1. The lowest BCUT2D eigenvalue weighted by atomic mass is 9.92. The predicted molar refractivity (Wildman–Crippen MR) is 108 cm³/mol. The lowest BCUT2D eigenvalue weighted by Gasteiger charge is -2.27. The van der Waals surface area contributed by atoms with Crippen LogP contribution in [0.25, 0.3) is 11.1 Å². The first-order valence-corrected chi connectivity index (χ1v) is 9.41. The van der Waals surface area contributed by atoms with Crippen LogP contribution in [0.2, 0.25) is 0 Å². The topological polar surface area (TPSA) is 95.7 Å². The lowest BCUT2D eigenvalue weighted by Crippen LogP contribution is -2.43. The van der Waals surface area contributed by atoms with Crippen LogP contribution in [0.4, 0.5) is 15.0 Å². The third-order valence-corrected chi connectivity index (χ3v) is 4.58. The van der Waals surface area contributed by atoms with Crippen LogP contribution < -0.4 is 20.5 Å². The number of nitrogens with zero attached hydrogens (tertiary/aromatic N) is 1. The van der Waals surface area contributed by atoms with Gasteiger partial charge in [-0.1, -0.05) is 13.8 Å². The Morgan fingerprint density at radius 2 is 2.17 bits per heavy atom. The van der Waals surface area contributed by atoms with E-state index in [4.69, 9.17) is 15.2 Å². The minimum Gasteiger partial charge on any atom is -0.489 e. The lowest BCUT2D eigenvalue weighted by molar-refractivity contribution is 0.187. The molecule has 0 bridgehead atoms. The third-order valence-electron chi connectivity index (χ3n) is 4.58. The SMILES string of the molecule is COC(=O)Nc1cc2c(cn1)OCc1c-2ccc(OC[C@@](C)(N)CC(C)C)c1F. The molecule has 0 saturated heterocycles. The van der Waals surface area contributed by atoms with E-state index in [2.05, 4.69) is 28.9 Å². The van der Waals surface area contributed by atoms with Crippen LogP contribution in [0.5, 0.6) is 11.5 Å². The molecule has 0 saturated carbocycles. The molecule has 29 heavy (non-hydrogen) atoms. The minimum absolute atomic E-state index is 0.0582. The summed E-state index contributed by atoms with van der Waals surface area (Å²) in [6.07, 6.45) is 1.60. The van der Waals surface area contributed by atoms with Gasteiger partial charge in [-0.25, -0.2) is 14.2 Å². The van der Waals surface area contributed by atoms with Crippen molar-refractivity contribution in [3.63, 3.8) is 0 Å². The van der Waals surface area contributed by atoms with Gasteiger partial charge < -0.3 is 19.9 Å². The Balaban J connectivity index is 1.86. The molecule has 0 aliphatic carbocycles. The number of benzene rings is 1. The molecule has 1 aromatic carbocycles. The number of rotatable bonds is 6. The second kappa shape index (κ2) is 8.24. The van der Waals surface area contributed by atoms with Crippen LogP contribution in [-0.2, 0) is 11.3 Å². The highest BCUT2D eigenvalue weighted by Crippen LogP contribution is 2.41. The number of hydrogen-bond donors (Lipinski definition) is 2. The molecule has 1 aromatic heterocycles. The quantitative estimate of drug-likeness (QED) is 0.754. The van der Waals surface area contributed by atoms with Gasteiger partial charge in [-0.3, -0.25) is 5.32 Å². The Kier molecular flexibility index (Phi) is 5.93. The number of fused-ring (bicyclic) bond motifs is 3. The summed E-state index contributed by atoms with van der Waals surface area (Å²) < 4.78 is 31.0. The number of nitrogens with two attached hydrogens (primary N) is 1. The molecule has 0 radical (unpaired) electrons. The molecular weight excluding hydrogens is 377 g/mol. The summed E-state index contributed by atoms with van der Waals surface area (Å²) in [6.45, 7) is 6.32. The van der Waals surface area contributed by atoms with Gasteiger partial charge in [0.1, 0.15) is 24.8 Å². The van der Waals surface area contributed by atoms with Crippen molar-refractivity contribution in [2.45, 2.75) is 39.3 Å². The van der Waals surface area contributed by atoms with E-state index in [9.17, 15) is 4.79 Å². The number of hydrogen-bond acceptors (Lipinski definition) is 6. The van der Waals surface area contributed by atoms with Gasteiger partial charge in [0.15, 0.2) is 11.6 Å². The normalized spacial score (nSPS) is 14.3. The predicted octanol–water partition coefficient (Wildman–Crippen LogP) is 4.10. The van der Waals surface area contributed by atoms with E-state index in [0.29, 0.717) is 28.4 Å². The number of halogens is 1. The Bertz CT molecular complexity index is 915. The number of nitrogens with one attached hydrogen (secondary N) is 1. The zero-order chi connectivity index (χ0) is 21.2. The zero-order valence-corrected chi connectivity index (χ0v) is 17.0. The molecule has 156 valence electrons. The summed E-state index contributed by atoms with van der Waals surface area (Å²) in [4.78, 5) is 15.5. The van der Waals surface area contributed by atoms with E-state index in [1.165, 1.54) is 13.3 Å². The maximum atomic E-state index is 15.1. The van der Waals surface area contributed by atoms with E-state index in [0.717, 1.165) is 6.42 Å². The number of pyridine rings is 1. The van der Waals surface area contributed by atoms with Crippen LogP contribution in [0.15, 0.2) is 24.4 Å². The summed E-state index contributed by atoms with van der Waals surface area (Å²) in [5.41, 5.74) is 7.37. The van der Waals surface area contributed by atoms with Gasteiger partial charge in [0.25, 0.3) is 0 Å². The van der Waals surface area contributed by atoms with Gasteiger partial charge in [0.05, 0.1) is 13.3 Å². The second-order valence-corrected chi connectivity index (χ2v) is 7.92. The average Bonchev–Trinajstić information content (AvgIpc) is 2.66. The highest BCUT2D eigenvalue weighted by molar-refractivity contribution is 5.86. The Morgan fingerprint density at radius 3 is 2.86 bits per heavy atom. The van der Waals surface area contributed by atoms with Gasteiger partial charge in [-0.05, 0) is 43.0 Å². The van der Waals surface area contributed by atoms with Gasteiger partial charge in [0, 0.05) is 16.7 Å². The fraction of sp³-hybridized carbons (Fsp3) is 0.429. The number of ether oxygens (including phenoxy) is 3. The van der Waals surface area contributed by atoms with E-state index in [1.54, 1.807) is 18.2 Å². The first-order chi connectivity index (χ1) is 13.7. The van der Waals surface area contributed by atoms with Gasteiger partial charge in [-0.15, -0.1) is 0 Å². The van der Waals surface area contributed by atoms with Crippen LogP contribution in [0, 0.1) is 11.7 Å². The standard InChI is InChI=1S/C21H26FN3O4/c1-12(2)8-21(3,23)11-29-16-6-5-13-14-7-18(25-20(26)27-4)24-9-17(14)28-10-15(13)19(16)22/h5-7,9,12H,8,10-11,23H2,1-4H3,(H,24,25,26)/t21-/m0/s1. The van der Waals surface area contributed by atoms with Gasteiger partial charge in [0.2, 0.25) is 0 Å². The van der Waals surface area contributed by atoms with Crippen molar-refractivity contribution in [3.8, 4) is 22.6 Å². The van der Waals surface area contributed by atoms with Crippen molar-refractivity contribution in [2.24, 2.45) is 11.7 Å². The molecule has 0 spiro atoms. The number of methoxy groups -OCH3 is 1. The first kappa shape index (κ1) is 20.9. The third kappa shape index (κ3) is 4.76. The molecule has 2 aromatic rings. The molecule has 1 aliphatic rings. The van der Waals surface area contributed by atoms with Gasteiger partial charge in [-0.2, -0.15) is 0 Å². The van der Waals surface area contributed by atoms with Crippen molar-refractivity contribution < 1.29 is 23.4 Å². The molecule has 2 heterocycles. The van der Waals surface area contributed by atoms with Crippen molar-refractivity contribution in [1.82, 2.24) is 4.98 Å². The van der Waals surface area contributed by atoms with Crippen LogP contribution in [0.3, 0.4) is 0 Å². The number of carbonyl (C=O) groups is 1. The minimum atomic E-state index is -0.643. The van der Waals surface area contributed by atoms with Crippen LogP contribution >= 0.6 is 0 Å². The van der Waals surface area contributed by atoms with E-state index < -0.39 is 17.4 Å². The molecule has 3 N–H and O–H groups in total. The van der Waals surface area contributed by atoms with Crippen molar-refractivity contribution >= 4 is 11.9 Å². The zero-order valence-electron chi connectivity index (χ0n) is 17.0. The maximum Gasteiger partial charge on any atom is 0.412 e. The molecule has 0 unspecified atom stereocenters. The van der Waals surface area contributed by atoms with Crippen LogP contribution in [-0.4, -0.2) is 30.3 Å². The molecule has 1 aliphatic heterocycles. The Labute approximate surface area is 169 Å². The number of carbonyl (C=O) groups excluding carboxylic acids is 1. The number of anilines is 1. The molecule has 3 rings (SSSR count). The monoisotopic (exact) mass is 403 g/mol. The Morgan fingerprint density at radius 1 is 1.41 bits per heavy atom. The molecular formula is C21H26FN3O4. The average molecular weight is 403 g/mol. The summed E-state index contributed by atoms with van der Waals surface area (Å²) in [6, 6.07) is 4.97. The van der Waals surface area contributed by atoms with E-state index >= 15 is 4.39 Å². The van der Waals surface area contributed by atoms with Crippen molar-refractivity contribution in [1.29, 1.82) is 0 Å². The molecule has 7 nitrogen and oxygen atoms in total. The van der Waals surface area contributed by atoms with Crippen molar-refractivity contribution in [2.75, 3.05) is 19.0 Å². The molecule has 1 atom stereocenters. The fourth-order valence-corrected chi connectivity index (χ4v) is 3.48. The summed E-state index contributed by atoms with van der Waals surface area (Å²) in [5.74, 6) is 0.854. The van der Waals surface area contributed by atoms with Crippen LogP contribution in [0.1, 0.15) is 32.8 Å². The van der Waals surface area contributed by atoms with E-state index in [1.807, 2.05) is 6.92 Å². The highest BCUT2D eigenvalue weighted by Gasteiger charge is 2.26. The highest BCUT2D eigenvalue weighted by atomic mass is 19.1. The summed E-state index contributed by atoms with van der Waals surface area (Å²) in [5, 5.41) is 2.49. The summed E-state index contributed by atoms with van der Waals surface area (Å²) in [7, 11) is 1.26. The van der Waals surface area contributed by atoms with Gasteiger partial charge >= 0.3 is 6.09 Å². The fourth-order valence-electron chi connectivity index (χ4n) is 3.48. The second-order valence-electron chi connectivity index (χ2n) is 7.92. The largest absolute Gasteiger partial charge is 0.489 e. The first-order valence-electron chi connectivity index (χ1n) is 9.41. The van der Waals surface area contributed by atoms with E-state index in [-0.39, 0.29) is 24.8 Å².